The van der Waals surface area contributed by atoms with Crippen LogP contribution in [0.1, 0.15) is 11.1 Å². The lowest BCUT2D eigenvalue weighted by atomic mass is 10.1. The maximum absolute atomic E-state index is 11.2. The van der Waals surface area contributed by atoms with E-state index in [1.807, 2.05) is 0 Å². The Balaban J connectivity index is 2.55. The van der Waals surface area contributed by atoms with E-state index in [1.165, 1.54) is 0 Å². The summed E-state index contributed by atoms with van der Waals surface area (Å²) in [4.78, 5) is 22.4. The minimum atomic E-state index is -3.71. The molecule has 0 saturated heterocycles. The first-order valence-corrected chi connectivity index (χ1v) is 10.1. The molecule has 0 aromatic heterocycles. The van der Waals surface area contributed by atoms with Crippen LogP contribution in [0.15, 0.2) is 24.3 Å². The van der Waals surface area contributed by atoms with E-state index in [-0.39, 0.29) is 13.2 Å². The highest BCUT2D eigenvalue weighted by Crippen LogP contribution is 2.08. The summed E-state index contributed by atoms with van der Waals surface area (Å²) in [5.74, 6) is 0. The molecule has 0 aliphatic heterocycles. The molecule has 134 valence electrons. The van der Waals surface area contributed by atoms with Crippen molar-refractivity contribution in [3.63, 3.8) is 0 Å². The van der Waals surface area contributed by atoms with Gasteiger partial charge in [0, 0.05) is 0 Å². The zero-order valence-corrected chi connectivity index (χ0v) is 14.4. The minimum Gasteiger partial charge on any atom is -0.444 e. The molecule has 0 heterocycles. The molecule has 1 rings (SSSR count). The zero-order chi connectivity index (χ0) is 18.4. The Hall–Kier alpha value is -2.34. The van der Waals surface area contributed by atoms with Crippen LogP contribution in [0.3, 0.4) is 0 Å². The van der Waals surface area contributed by atoms with Crippen molar-refractivity contribution in [2.75, 3.05) is 12.5 Å². The number of rotatable bonds is 6. The van der Waals surface area contributed by atoms with Crippen LogP contribution in [-0.4, -0.2) is 41.5 Å². The number of hydrogen-bond acceptors (Lipinski definition) is 8. The first-order valence-electron chi connectivity index (χ1n) is 6.31. The smallest absolute Gasteiger partial charge is 0.421 e. The Morgan fingerprint density at radius 2 is 1.25 bits per heavy atom. The monoisotopic (exact) mass is 380 g/mol. The summed E-state index contributed by atoms with van der Waals surface area (Å²) < 4.78 is 56.1. The Bertz CT molecular complexity index is 752. The van der Waals surface area contributed by atoms with Crippen LogP contribution in [0.25, 0.3) is 0 Å². The van der Waals surface area contributed by atoms with E-state index in [4.69, 9.17) is 9.47 Å². The van der Waals surface area contributed by atoms with Crippen molar-refractivity contribution < 1.29 is 35.9 Å². The Labute approximate surface area is 139 Å². The lowest BCUT2D eigenvalue weighted by Crippen LogP contribution is -2.30. The zero-order valence-electron chi connectivity index (χ0n) is 12.8. The van der Waals surface area contributed by atoms with Crippen LogP contribution >= 0.6 is 0 Å². The van der Waals surface area contributed by atoms with Gasteiger partial charge in [0.05, 0.1) is 12.5 Å². The maximum Gasteiger partial charge on any atom is 0.421 e. The van der Waals surface area contributed by atoms with Gasteiger partial charge < -0.3 is 9.47 Å². The van der Waals surface area contributed by atoms with Gasteiger partial charge >= 0.3 is 12.2 Å². The van der Waals surface area contributed by atoms with Gasteiger partial charge in [-0.15, -0.1) is 0 Å². The van der Waals surface area contributed by atoms with Gasteiger partial charge in [-0.2, -0.15) is 0 Å². The molecule has 2 N–H and O–H groups in total. The predicted molar refractivity (Wildman–Crippen MR) is 82.8 cm³/mol. The number of benzene rings is 1. The standard InChI is InChI=1S/C12H16N2O8S2/c1-23(17,18)13-11(15)21-7-9-4-3-5-10(6-9)8-22-12(16)14-24(2,19)20/h3-6H,7-8H2,1-2H3,(H,13,15)(H,14,16). The lowest BCUT2D eigenvalue weighted by Gasteiger charge is -2.08. The molecule has 10 nitrogen and oxygen atoms in total. The number of ether oxygens (including phenoxy) is 2. The molecule has 1 aromatic rings. The third-order valence-corrected chi connectivity index (χ3v) is 3.34. The quantitative estimate of drug-likeness (QED) is 0.704. The molecule has 0 aliphatic rings. The van der Waals surface area contributed by atoms with Gasteiger partial charge in [0.25, 0.3) is 0 Å². The number of hydrogen-bond donors (Lipinski definition) is 2. The van der Waals surface area contributed by atoms with Crippen molar-refractivity contribution in [1.29, 1.82) is 0 Å². The molecular weight excluding hydrogens is 364 g/mol. The molecule has 0 fully saturated rings. The van der Waals surface area contributed by atoms with Gasteiger partial charge in [-0.05, 0) is 17.2 Å². The second kappa shape index (κ2) is 7.97. The number of carbonyl (C=O) groups excluding carboxylic acids is 2. The van der Waals surface area contributed by atoms with E-state index >= 15 is 0 Å². The van der Waals surface area contributed by atoms with Crippen molar-refractivity contribution in [3.8, 4) is 0 Å². The molecule has 0 unspecified atom stereocenters. The van der Waals surface area contributed by atoms with Crippen molar-refractivity contribution in [3.05, 3.63) is 35.4 Å². The molecule has 0 radical (unpaired) electrons. The summed E-state index contributed by atoms with van der Waals surface area (Å²) in [5, 5.41) is 0. The van der Waals surface area contributed by atoms with Gasteiger partial charge in [-0.3, -0.25) is 0 Å². The summed E-state index contributed by atoms with van der Waals surface area (Å²) in [6, 6.07) is 6.35. The predicted octanol–water partition coefficient (Wildman–Crippen LogP) is 0.0582. The van der Waals surface area contributed by atoms with Gasteiger partial charge in [0.1, 0.15) is 13.2 Å². The van der Waals surface area contributed by atoms with E-state index in [0.29, 0.717) is 11.1 Å². The summed E-state index contributed by atoms with van der Waals surface area (Å²) in [7, 11) is -7.41. The molecule has 0 spiro atoms. The molecule has 24 heavy (non-hydrogen) atoms. The lowest BCUT2D eigenvalue weighted by molar-refractivity contribution is 0.145. The normalized spacial score (nSPS) is 11.4. The SMILES string of the molecule is CS(=O)(=O)NC(=O)OCc1cccc(COC(=O)NS(C)(=O)=O)c1. The summed E-state index contributed by atoms with van der Waals surface area (Å²) in [5.41, 5.74) is 1.03. The number of sulfonamides is 2. The molecule has 2 amide bonds. The third-order valence-electron chi connectivity index (χ3n) is 2.27. The van der Waals surface area contributed by atoms with E-state index < -0.39 is 32.2 Å². The van der Waals surface area contributed by atoms with Crippen molar-refractivity contribution >= 4 is 32.2 Å². The van der Waals surface area contributed by atoms with Crippen LogP contribution in [0.5, 0.6) is 0 Å². The fourth-order valence-electron chi connectivity index (χ4n) is 1.47. The van der Waals surface area contributed by atoms with Crippen LogP contribution < -0.4 is 9.44 Å². The van der Waals surface area contributed by atoms with E-state index in [9.17, 15) is 26.4 Å². The molecule has 0 bridgehead atoms. The summed E-state index contributed by atoms with van der Waals surface area (Å²) in [6.07, 6.45) is -0.611. The fourth-order valence-corrected chi connectivity index (χ4v) is 2.19. The molecule has 0 aliphatic carbocycles. The van der Waals surface area contributed by atoms with Crippen LogP contribution in [0.4, 0.5) is 9.59 Å². The molecule has 0 saturated carbocycles. The highest BCUT2D eigenvalue weighted by atomic mass is 32.2. The average Bonchev–Trinajstić information content (AvgIpc) is 2.40. The second-order valence-electron chi connectivity index (χ2n) is 4.72. The second-order valence-corrected chi connectivity index (χ2v) is 8.22. The Morgan fingerprint density at radius 1 is 0.875 bits per heavy atom. The van der Waals surface area contributed by atoms with Crippen molar-refractivity contribution in [2.24, 2.45) is 0 Å². The minimum absolute atomic E-state index is 0.204. The largest absolute Gasteiger partial charge is 0.444 e. The van der Waals surface area contributed by atoms with Gasteiger partial charge in [0.15, 0.2) is 0 Å². The highest BCUT2D eigenvalue weighted by molar-refractivity contribution is 7.89. The van der Waals surface area contributed by atoms with Crippen LogP contribution in [0.2, 0.25) is 0 Å². The third kappa shape index (κ3) is 8.95. The fraction of sp³-hybridized carbons (Fsp3) is 0.333. The van der Waals surface area contributed by atoms with E-state index in [0.717, 1.165) is 12.5 Å². The van der Waals surface area contributed by atoms with Gasteiger partial charge in [-0.25, -0.2) is 35.9 Å². The van der Waals surface area contributed by atoms with Crippen molar-refractivity contribution in [2.45, 2.75) is 13.2 Å². The molecule has 1 aromatic carbocycles. The number of carbonyl (C=O) groups is 2. The highest BCUT2D eigenvalue weighted by Gasteiger charge is 2.11. The first kappa shape index (κ1) is 19.7. The van der Waals surface area contributed by atoms with Crippen LogP contribution in [-0.2, 0) is 42.7 Å². The molecule has 12 heteroatoms. The summed E-state index contributed by atoms with van der Waals surface area (Å²) in [6.45, 7) is -0.407. The van der Waals surface area contributed by atoms with E-state index in [1.54, 1.807) is 33.7 Å². The first-order chi connectivity index (χ1) is 10.9. The topological polar surface area (TPSA) is 145 Å². The Morgan fingerprint density at radius 3 is 1.58 bits per heavy atom. The maximum atomic E-state index is 11.2. The average molecular weight is 380 g/mol. The Kier molecular flexibility index (Phi) is 6.54. The number of nitrogens with one attached hydrogen (secondary N) is 2. The van der Waals surface area contributed by atoms with Gasteiger partial charge in [-0.1, -0.05) is 18.2 Å². The number of amides is 2. The summed E-state index contributed by atoms with van der Waals surface area (Å²) >= 11 is 0. The van der Waals surface area contributed by atoms with Gasteiger partial charge in [0.2, 0.25) is 20.0 Å². The molecule has 0 atom stereocenters. The molecular formula is C12H16N2O8S2. The van der Waals surface area contributed by atoms with Crippen molar-refractivity contribution in [1.82, 2.24) is 9.44 Å². The van der Waals surface area contributed by atoms with Crippen LogP contribution in [0, 0.1) is 0 Å². The van der Waals surface area contributed by atoms with E-state index in [2.05, 4.69) is 0 Å².